The molecule has 128 valence electrons. The van der Waals surface area contributed by atoms with Crippen LogP contribution in [-0.2, 0) is 6.42 Å². The summed E-state index contributed by atoms with van der Waals surface area (Å²) in [6.45, 7) is 1.95. The van der Waals surface area contributed by atoms with Crippen LogP contribution in [0.3, 0.4) is 0 Å². The normalized spacial score (nSPS) is 12.5. The van der Waals surface area contributed by atoms with Crippen molar-refractivity contribution in [3.8, 4) is 11.1 Å². The lowest BCUT2D eigenvalue weighted by Gasteiger charge is -2.08. The van der Waals surface area contributed by atoms with Crippen LogP contribution in [0, 0.1) is 11.6 Å². The molecule has 0 nitrogen and oxygen atoms in total. The molecule has 0 aliphatic rings. The molecule has 0 aliphatic carbocycles. The zero-order valence-electron chi connectivity index (χ0n) is 12.7. The molecule has 0 aromatic heterocycles. The largest absolute Gasteiger partial charge is 0.412 e. The Morgan fingerprint density at radius 2 is 1.71 bits per heavy atom. The van der Waals surface area contributed by atoms with Crippen molar-refractivity contribution in [1.29, 1.82) is 0 Å². The van der Waals surface area contributed by atoms with Gasteiger partial charge in [-0.2, -0.15) is 13.2 Å². The van der Waals surface area contributed by atoms with Gasteiger partial charge in [0.15, 0.2) is 0 Å². The molecule has 0 heterocycles. The minimum absolute atomic E-state index is 0.0977. The van der Waals surface area contributed by atoms with E-state index in [0.717, 1.165) is 24.1 Å². The van der Waals surface area contributed by atoms with E-state index in [9.17, 15) is 26.3 Å². The van der Waals surface area contributed by atoms with Gasteiger partial charge in [0.2, 0.25) is 0 Å². The van der Waals surface area contributed by atoms with Crippen LogP contribution in [-0.4, -0.2) is 6.18 Å². The predicted octanol–water partition coefficient (Wildman–Crippen LogP) is 6.46. The number of rotatable bonds is 4. The monoisotopic (exact) mass is 344 g/mol. The van der Waals surface area contributed by atoms with Gasteiger partial charge >= 0.3 is 6.18 Å². The van der Waals surface area contributed by atoms with E-state index in [0.29, 0.717) is 6.42 Å². The smallest absolute Gasteiger partial charge is 0.206 e. The first kappa shape index (κ1) is 18.1. The molecule has 0 amide bonds. The Kier molecular flexibility index (Phi) is 5.36. The van der Waals surface area contributed by atoms with E-state index in [1.54, 1.807) is 6.07 Å². The topological polar surface area (TPSA) is 0 Å². The summed E-state index contributed by atoms with van der Waals surface area (Å²) in [5.41, 5.74) is 0.186. The maximum Gasteiger partial charge on any atom is 0.412 e. The molecule has 2 aromatic rings. The van der Waals surface area contributed by atoms with Gasteiger partial charge in [-0.3, -0.25) is 0 Å². The fourth-order valence-corrected chi connectivity index (χ4v) is 2.33. The summed E-state index contributed by atoms with van der Waals surface area (Å²) in [7, 11) is 0. The number of hydrogen-bond acceptors (Lipinski definition) is 0. The Hall–Kier alpha value is -2.24. The highest BCUT2D eigenvalue weighted by Crippen LogP contribution is 2.30. The lowest BCUT2D eigenvalue weighted by atomic mass is 9.99. The van der Waals surface area contributed by atoms with Crippen molar-refractivity contribution < 1.29 is 26.3 Å². The summed E-state index contributed by atoms with van der Waals surface area (Å²) in [4.78, 5) is 0. The molecule has 6 heteroatoms. The number of halogens is 6. The molecular formula is C18H14F6. The summed E-state index contributed by atoms with van der Waals surface area (Å²) in [5.74, 6) is -3.49. The molecule has 0 unspecified atom stereocenters. The van der Waals surface area contributed by atoms with Crippen LogP contribution >= 0.6 is 0 Å². The fourth-order valence-electron chi connectivity index (χ4n) is 2.33. The third-order valence-electron chi connectivity index (χ3n) is 3.40. The second-order valence-corrected chi connectivity index (χ2v) is 5.29. The van der Waals surface area contributed by atoms with Crippen molar-refractivity contribution in [2.45, 2.75) is 25.9 Å². The Labute approximate surface area is 135 Å². The van der Waals surface area contributed by atoms with E-state index in [1.807, 2.05) is 6.92 Å². The van der Waals surface area contributed by atoms with Crippen LogP contribution < -0.4 is 0 Å². The van der Waals surface area contributed by atoms with Crippen LogP contribution in [0.4, 0.5) is 26.3 Å². The molecule has 0 saturated carbocycles. The highest BCUT2D eigenvalue weighted by Gasteiger charge is 2.26. The highest BCUT2D eigenvalue weighted by atomic mass is 19.4. The summed E-state index contributed by atoms with van der Waals surface area (Å²) in [5, 5.41) is 0. The lowest BCUT2D eigenvalue weighted by Crippen LogP contribution is -2.02. The van der Waals surface area contributed by atoms with Crippen molar-refractivity contribution in [1.82, 2.24) is 0 Å². The van der Waals surface area contributed by atoms with E-state index in [1.165, 1.54) is 18.2 Å². The molecule has 0 fully saturated rings. The molecule has 2 aromatic carbocycles. The van der Waals surface area contributed by atoms with Gasteiger partial charge in [0.05, 0.1) is 6.08 Å². The van der Waals surface area contributed by atoms with E-state index < -0.39 is 35.3 Å². The maximum atomic E-state index is 14.1. The van der Waals surface area contributed by atoms with Crippen LogP contribution in [0.1, 0.15) is 24.5 Å². The first-order valence-corrected chi connectivity index (χ1v) is 7.25. The van der Waals surface area contributed by atoms with Gasteiger partial charge in [0.25, 0.3) is 0 Å². The Morgan fingerprint density at radius 3 is 2.25 bits per heavy atom. The first-order chi connectivity index (χ1) is 11.2. The molecule has 0 atom stereocenters. The minimum atomic E-state index is -4.89. The molecule has 0 aliphatic heterocycles. The number of alkyl halides is 3. The van der Waals surface area contributed by atoms with Gasteiger partial charge in [-0.1, -0.05) is 31.5 Å². The third-order valence-corrected chi connectivity index (χ3v) is 3.40. The quantitative estimate of drug-likeness (QED) is 0.559. The van der Waals surface area contributed by atoms with E-state index in [4.69, 9.17) is 0 Å². The standard InChI is InChI=1S/C18H14F6/c1-2-3-11-4-6-13(15(19)8-11)12-5-7-14(16(20)9-12)17(21)10-18(22,23)24/h4-10H,2-3H2,1H3/b17-10-. The molecule has 24 heavy (non-hydrogen) atoms. The zero-order valence-corrected chi connectivity index (χ0v) is 12.7. The Morgan fingerprint density at radius 1 is 1.00 bits per heavy atom. The van der Waals surface area contributed by atoms with Crippen LogP contribution in [0.5, 0.6) is 0 Å². The second kappa shape index (κ2) is 7.11. The molecule has 0 radical (unpaired) electrons. The first-order valence-electron chi connectivity index (χ1n) is 7.25. The molecule has 2 rings (SSSR count). The van der Waals surface area contributed by atoms with Crippen molar-refractivity contribution in [3.63, 3.8) is 0 Å². The van der Waals surface area contributed by atoms with Crippen molar-refractivity contribution in [2.24, 2.45) is 0 Å². The van der Waals surface area contributed by atoms with Gasteiger partial charge in [-0.05, 0) is 35.7 Å². The van der Waals surface area contributed by atoms with Crippen LogP contribution in [0.25, 0.3) is 17.0 Å². The van der Waals surface area contributed by atoms with Crippen LogP contribution in [0.15, 0.2) is 42.5 Å². The molecular weight excluding hydrogens is 330 g/mol. The average Bonchev–Trinajstić information content (AvgIpc) is 2.45. The van der Waals surface area contributed by atoms with Crippen molar-refractivity contribution in [2.75, 3.05) is 0 Å². The lowest BCUT2D eigenvalue weighted by molar-refractivity contribution is -0.0798. The maximum absolute atomic E-state index is 14.1. The van der Waals surface area contributed by atoms with E-state index in [-0.39, 0.29) is 11.1 Å². The summed E-state index contributed by atoms with van der Waals surface area (Å²) < 4.78 is 77.9. The zero-order chi connectivity index (χ0) is 17.9. The third kappa shape index (κ3) is 4.40. The fraction of sp³-hybridized carbons (Fsp3) is 0.222. The van der Waals surface area contributed by atoms with Gasteiger partial charge in [-0.25, -0.2) is 13.2 Å². The SMILES string of the molecule is CCCc1ccc(-c2ccc(/C(F)=C/C(F)(F)F)c(F)c2)c(F)c1. The summed E-state index contributed by atoms with van der Waals surface area (Å²) in [6, 6.07) is 7.35. The van der Waals surface area contributed by atoms with Crippen LogP contribution in [0.2, 0.25) is 0 Å². The van der Waals surface area contributed by atoms with Gasteiger partial charge in [0.1, 0.15) is 17.5 Å². The van der Waals surface area contributed by atoms with Crippen molar-refractivity contribution >= 4 is 5.83 Å². The van der Waals surface area contributed by atoms with Gasteiger partial charge in [-0.15, -0.1) is 0 Å². The van der Waals surface area contributed by atoms with E-state index in [2.05, 4.69) is 0 Å². The highest BCUT2D eigenvalue weighted by molar-refractivity contribution is 5.69. The number of benzene rings is 2. The average molecular weight is 344 g/mol. The molecule has 0 saturated heterocycles. The second-order valence-electron chi connectivity index (χ2n) is 5.29. The Balaban J connectivity index is 2.38. The summed E-state index contributed by atoms with van der Waals surface area (Å²) >= 11 is 0. The van der Waals surface area contributed by atoms with Crippen molar-refractivity contribution in [3.05, 3.63) is 65.2 Å². The number of aryl methyl sites for hydroxylation is 1. The van der Waals surface area contributed by atoms with Gasteiger partial charge < -0.3 is 0 Å². The number of allylic oxidation sites excluding steroid dienone is 1. The van der Waals surface area contributed by atoms with E-state index >= 15 is 0 Å². The molecule has 0 bridgehead atoms. The molecule has 0 spiro atoms. The number of hydrogen-bond donors (Lipinski definition) is 0. The Bertz CT molecular complexity index is 759. The summed E-state index contributed by atoms with van der Waals surface area (Å²) in [6.07, 6.45) is -3.98. The minimum Gasteiger partial charge on any atom is -0.206 e. The molecule has 0 N–H and O–H groups in total. The predicted molar refractivity (Wildman–Crippen MR) is 80.9 cm³/mol. The van der Waals surface area contributed by atoms with Gasteiger partial charge in [0, 0.05) is 11.1 Å².